The number of benzene rings is 3. The van der Waals surface area contributed by atoms with Crippen molar-refractivity contribution in [2.75, 3.05) is 14.6 Å². The molecule has 3 aromatic rings. The molecule has 0 saturated heterocycles. The lowest BCUT2D eigenvalue weighted by Gasteiger charge is -2.38. The summed E-state index contributed by atoms with van der Waals surface area (Å²) in [6, 6.07) is 23.5. The van der Waals surface area contributed by atoms with Crippen LogP contribution in [-0.2, 0) is 6.42 Å². The van der Waals surface area contributed by atoms with Crippen molar-refractivity contribution in [1.82, 2.24) is 0 Å². The van der Waals surface area contributed by atoms with Crippen molar-refractivity contribution in [2.24, 2.45) is 0 Å². The molecule has 0 saturated carbocycles. The minimum absolute atomic E-state index is 0.00839. The minimum atomic E-state index is -0.292. The molecule has 1 amide bonds. The quantitative estimate of drug-likeness (QED) is 0.356. The summed E-state index contributed by atoms with van der Waals surface area (Å²) in [5.74, 6) is -0.00839. The molecule has 3 aromatic carbocycles. The van der Waals surface area contributed by atoms with E-state index in [2.05, 4.69) is 40.0 Å². The van der Waals surface area contributed by atoms with Crippen molar-refractivity contribution in [3.63, 3.8) is 0 Å². The van der Waals surface area contributed by atoms with Crippen molar-refractivity contribution in [2.45, 2.75) is 12.6 Å². The molecule has 27 heavy (non-hydrogen) atoms. The molecule has 0 spiro atoms. The molecule has 4 rings (SSSR count). The highest BCUT2D eigenvalue weighted by Gasteiger charge is 2.33. The van der Waals surface area contributed by atoms with E-state index in [4.69, 9.17) is 11.6 Å². The second-order valence-corrected chi connectivity index (χ2v) is 7.94. The third kappa shape index (κ3) is 3.69. The summed E-state index contributed by atoms with van der Waals surface area (Å²) >= 11 is 8.43. The topological polar surface area (TPSA) is 32.3 Å². The van der Waals surface area contributed by atoms with Crippen LogP contribution in [0.25, 0.3) is 0 Å². The monoisotopic (exact) mass is 488 g/mol. The summed E-state index contributed by atoms with van der Waals surface area (Å²) in [6.07, 6.45) is 0.733. The number of alkyl halides is 1. The molecule has 0 aromatic heterocycles. The second kappa shape index (κ2) is 7.90. The SMILES string of the molecule is O=C1c2ccccc2NC(c2ccc(Cl)cc2)N1c1ccc(CCI)cc1. The fraction of sp³-hybridized carbons (Fsp3) is 0.136. The van der Waals surface area contributed by atoms with Crippen LogP contribution in [0.2, 0.25) is 5.02 Å². The number of hydrogen-bond acceptors (Lipinski definition) is 2. The van der Waals surface area contributed by atoms with Crippen LogP contribution >= 0.6 is 34.2 Å². The molecule has 5 heteroatoms. The maximum absolute atomic E-state index is 13.3. The van der Waals surface area contributed by atoms with Crippen LogP contribution in [0.3, 0.4) is 0 Å². The maximum atomic E-state index is 13.3. The summed E-state index contributed by atoms with van der Waals surface area (Å²) in [6.45, 7) is 0. The lowest BCUT2D eigenvalue weighted by Crippen LogP contribution is -2.43. The first-order valence-electron chi connectivity index (χ1n) is 8.77. The predicted molar refractivity (Wildman–Crippen MR) is 120 cm³/mol. The lowest BCUT2D eigenvalue weighted by molar-refractivity contribution is 0.0975. The molecule has 1 atom stereocenters. The Hall–Kier alpha value is -2.05. The highest BCUT2D eigenvalue weighted by atomic mass is 127. The zero-order chi connectivity index (χ0) is 18.8. The van der Waals surface area contributed by atoms with Gasteiger partial charge in [-0.3, -0.25) is 9.69 Å². The van der Waals surface area contributed by atoms with E-state index < -0.39 is 0 Å². The van der Waals surface area contributed by atoms with E-state index in [1.807, 2.05) is 65.6 Å². The fourth-order valence-corrected chi connectivity index (χ4v) is 4.08. The third-order valence-electron chi connectivity index (χ3n) is 4.71. The molecule has 1 unspecified atom stereocenters. The second-order valence-electron chi connectivity index (χ2n) is 6.42. The average Bonchev–Trinajstić information content (AvgIpc) is 2.70. The first-order chi connectivity index (χ1) is 13.2. The number of aryl methyl sites for hydroxylation is 1. The van der Waals surface area contributed by atoms with Crippen molar-refractivity contribution >= 4 is 51.5 Å². The fourth-order valence-electron chi connectivity index (χ4n) is 3.33. The number of amides is 1. The molecular formula is C22H18ClIN2O. The van der Waals surface area contributed by atoms with E-state index in [9.17, 15) is 4.79 Å². The molecule has 0 bridgehead atoms. The molecule has 3 nitrogen and oxygen atoms in total. The number of fused-ring (bicyclic) bond motifs is 1. The zero-order valence-corrected chi connectivity index (χ0v) is 17.4. The summed E-state index contributed by atoms with van der Waals surface area (Å²) in [5, 5.41) is 4.19. The number of halogens is 2. The molecule has 1 aliphatic heterocycles. The zero-order valence-electron chi connectivity index (χ0n) is 14.5. The van der Waals surface area contributed by atoms with Crippen molar-refractivity contribution in [3.8, 4) is 0 Å². The largest absolute Gasteiger partial charge is 0.360 e. The summed E-state index contributed by atoms with van der Waals surface area (Å²) in [5.41, 5.74) is 4.66. The number of nitrogens with zero attached hydrogens (tertiary/aromatic N) is 1. The highest BCUT2D eigenvalue weighted by molar-refractivity contribution is 14.1. The number of anilines is 2. The Morgan fingerprint density at radius 1 is 0.963 bits per heavy atom. The Morgan fingerprint density at radius 3 is 2.37 bits per heavy atom. The molecular weight excluding hydrogens is 471 g/mol. The number of hydrogen-bond donors (Lipinski definition) is 1. The number of carbonyl (C=O) groups is 1. The Kier molecular flexibility index (Phi) is 5.36. The van der Waals surface area contributed by atoms with Gasteiger partial charge in [-0.25, -0.2) is 0 Å². The van der Waals surface area contributed by atoms with Gasteiger partial charge in [-0.15, -0.1) is 0 Å². The van der Waals surface area contributed by atoms with E-state index in [0.717, 1.165) is 27.8 Å². The van der Waals surface area contributed by atoms with E-state index in [1.54, 1.807) is 0 Å². The van der Waals surface area contributed by atoms with Crippen LogP contribution in [0.5, 0.6) is 0 Å². The molecule has 1 aliphatic rings. The average molecular weight is 489 g/mol. The molecule has 136 valence electrons. The Morgan fingerprint density at radius 2 is 1.67 bits per heavy atom. The lowest BCUT2D eigenvalue weighted by atomic mass is 10.0. The predicted octanol–water partition coefficient (Wildman–Crippen LogP) is 6.09. The van der Waals surface area contributed by atoms with Gasteiger partial charge in [0.05, 0.1) is 5.56 Å². The first-order valence-corrected chi connectivity index (χ1v) is 10.7. The van der Waals surface area contributed by atoms with Gasteiger partial charge in [0.25, 0.3) is 5.91 Å². The van der Waals surface area contributed by atoms with Crippen LogP contribution < -0.4 is 10.2 Å². The van der Waals surface area contributed by atoms with Gasteiger partial charge in [-0.05, 0) is 53.9 Å². The van der Waals surface area contributed by atoms with Gasteiger partial charge in [0.1, 0.15) is 6.17 Å². The maximum Gasteiger partial charge on any atom is 0.262 e. The van der Waals surface area contributed by atoms with Crippen LogP contribution in [0.15, 0.2) is 72.8 Å². The number of nitrogens with one attached hydrogen (secondary N) is 1. The van der Waals surface area contributed by atoms with Gasteiger partial charge in [0.2, 0.25) is 0 Å². The van der Waals surface area contributed by atoms with E-state index in [-0.39, 0.29) is 12.1 Å². The van der Waals surface area contributed by atoms with Gasteiger partial charge in [0, 0.05) is 20.8 Å². The van der Waals surface area contributed by atoms with Crippen LogP contribution in [-0.4, -0.2) is 10.3 Å². The van der Waals surface area contributed by atoms with Crippen molar-refractivity contribution in [1.29, 1.82) is 0 Å². The molecule has 1 N–H and O–H groups in total. The van der Waals surface area contributed by atoms with Crippen molar-refractivity contribution in [3.05, 3.63) is 94.5 Å². The normalized spacial score (nSPS) is 16.0. The van der Waals surface area contributed by atoms with Crippen molar-refractivity contribution < 1.29 is 4.79 Å². The Balaban J connectivity index is 1.79. The Bertz CT molecular complexity index is 957. The first kappa shape index (κ1) is 18.3. The molecule has 0 aliphatic carbocycles. The highest BCUT2D eigenvalue weighted by Crippen LogP contribution is 2.36. The van der Waals surface area contributed by atoms with Gasteiger partial charge in [-0.1, -0.05) is 70.6 Å². The van der Waals surface area contributed by atoms with Gasteiger partial charge < -0.3 is 5.32 Å². The van der Waals surface area contributed by atoms with Crippen LogP contribution in [0.1, 0.15) is 27.7 Å². The van der Waals surface area contributed by atoms with Gasteiger partial charge >= 0.3 is 0 Å². The molecule has 1 heterocycles. The minimum Gasteiger partial charge on any atom is -0.360 e. The van der Waals surface area contributed by atoms with Gasteiger partial charge in [0.15, 0.2) is 0 Å². The summed E-state index contributed by atoms with van der Waals surface area (Å²) in [7, 11) is 0. The number of rotatable bonds is 4. The molecule has 0 fully saturated rings. The smallest absolute Gasteiger partial charge is 0.262 e. The number of carbonyl (C=O) groups excluding carboxylic acids is 1. The van der Waals surface area contributed by atoms with E-state index in [0.29, 0.717) is 10.6 Å². The van der Waals surface area contributed by atoms with Crippen LogP contribution in [0, 0.1) is 0 Å². The summed E-state index contributed by atoms with van der Waals surface area (Å²) in [4.78, 5) is 15.2. The van der Waals surface area contributed by atoms with E-state index >= 15 is 0 Å². The standard InChI is InChI=1S/C22H18ClIN2O/c23-17-9-7-16(8-10-17)21-25-20-4-2-1-3-19(20)22(27)26(21)18-11-5-15(6-12-18)13-14-24/h1-12,21,25H,13-14H2. The van der Waals surface area contributed by atoms with E-state index in [1.165, 1.54) is 5.56 Å². The number of para-hydroxylation sites is 1. The Labute approximate surface area is 177 Å². The summed E-state index contributed by atoms with van der Waals surface area (Å²) < 4.78 is 1.07. The molecule has 0 radical (unpaired) electrons. The van der Waals surface area contributed by atoms with Gasteiger partial charge in [-0.2, -0.15) is 0 Å². The van der Waals surface area contributed by atoms with Crippen LogP contribution in [0.4, 0.5) is 11.4 Å². The third-order valence-corrected chi connectivity index (χ3v) is 5.50.